The van der Waals surface area contributed by atoms with Gasteiger partial charge in [0.2, 0.25) is 5.91 Å². The highest BCUT2D eigenvalue weighted by molar-refractivity contribution is 8.15. The largest absolute Gasteiger partial charge is 0.497 e. The van der Waals surface area contributed by atoms with E-state index in [0.29, 0.717) is 18.1 Å². The van der Waals surface area contributed by atoms with E-state index in [-0.39, 0.29) is 17.0 Å². The van der Waals surface area contributed by atoms with Crippen LogP contribution in [-0.2, 0) is 11.2 Å². The Kier molecular flexibility index (Phi) is 5.38. The summed E-state index contributed by atoms with van der Waals surface area (Å²) in [5, 5.41) is 0.465. The molecule has 0 aliphatic carbocycles. The van der Waals surface area contributed by atoms with Crippen LogP contribution < -0.4 is 4.74 Å². The molecule has 0 aromatic heterocycles. The summed E-state index contributed by atoms with van der Waals surface area (Å²) in [6.45, 7) is 2.50. The Morgan fingerprint density at radius 1 is 1.16 bits per heavy atom. The van der Waals surface area contributed by atoms with Crippen molar-refractivity contribution in [2.24, 2.45) is 4.99 Å². The zero-order valence-electron chi connectivity index (χ0n) is 14.1. The Balaban J connectivity index is 1.79. The fraction of sp³-hybridized carbons (Fsp3) is 0.263. The lowest BCUT2D eigenvalue weighted by Gasteiger charge is -2.13. The molecule has 3 rings (SSSR count). The van der Waals surface area contributed by atoms with Gasteiger partial charge in [-0.05, 0) is 55.3 Å². The first-order valence-electron chi connectivity index (χ1n) is 8.06. The molecule has 0 unspecified atom stereocenters. The number of rotatable bonds is 5. The van der Waals surface area contributed by atoms with Gasteiger partial charge in [0, 0.05) is 6.54 Å². The first kappa shape index (κ1) is 17.5. The fourth-order valence-corrected chi connectivity index (χ4v) is 3.88. The van der Waals surface area contributed by atoms with Gasteiger partial charge >= 0.3 is 0 Å². The summed E-state index contributed by atoms with van der Waals surface area (Å²) in [6.07, 6.45) is 0.557. The molecule has 0 radical (unpaired) electrons. The number of carbonyl (C=O) groups excluding carboxylic acids is 1. The quantitative estimate of drug-likeness (QED) is 0.810. The number of amidine groups is 1. The van der Waals surface area contributed by atoms with Crippen molar-refractivity contribution in [1.29, 1.82) is 0 Å². The maximum atomic E-state index is 13.0. The Morgan fingerprint density at radius 2 is 1.84 bits per heavy atom. The SMILES string of the molecule is CCN1C(=O)[C@H](Cc2ccc(F)cc2)SC1=Nc1ccc(OC)cc1. The van der Waals surface area contributed by atoms with Crippen molar-refractivity contribution in [3.63, 3.8) is 0 Å². The van der Waals surface area contributed by atoms with E-state index in [1.54, 1.807) is 24.1 Å². The molecule has 1 aliphatic rings. The number of benzene rings is 2. The van der Waals surface area contributed by atoms with E-state index >= 15 is 0 Å². The van der Waals surface area contributed by atoms with Crippen molar-refractivity contribution in [3.05, 3.63) is 59.9 Å². The Hall–Kier alpha value is -2.34. The van der Waals surface area contributed by atoms with Crippen LogP contribution in [0.5, 0.6) is 5.75 Å². The smallest absolute Gasteiger partial charge is 0.242 e. The molecule has 1 heterocycles. The summed E-state index contributed by atoms with van der Waals surface area (Å²) in [7, 11) is 1.62. The predicted octanol–water partition coefficient (Wildman–Crippen LogP) is 4.03. The molecular formula is C19H19FN2O2S. The van der Waals surface area contributed by atoms with E-state index < -0.39 is 0 Å². The first-order chi connectivity index (χ1) is 12.1. The van der Waals surface area contributed by atoms with E-state index in [1.807, 2.05) is 31.2 Å². The highest BCUT2D eigenvalue weighted by atomic mass is 32.2. The van der Waals surface area contributed by atoms with Crippen molar-refractivity contribution >= 4 is 28.5 Å². The summed E-state index contributed by atoms with van der Waals surface area (Å²) in [4.78, 5) is 18.9. The van der Waals surface area contributed by atoms with Gasteiger partial charge in [0.15, 0.2) is 5.17 Å². The Morgan fingerprint density at radius 3 is 2.44 bits per heavy atom. The second-order valence-corrected chi connectivity index (χ2v) is 6.78. The van der Waals surface area contributed by atoms with Crippen molar-refractivity contribution < 1.29 is 13.9 Å². The van der Waals surface area contributed by atoms with E-state index in [0.717, 1.165) is 17.0 Å². The number of methoxy groups -OCH3 is 1. The second kappa shape index (κ2) is 7.70. The summed E-state index contributed by atoms with van der Waals surface area (Å²) in [5.74, 6) is 0.538. The highest BCUT2D eigenvalue weighted by Gasteiger charge is 2.36. The van der Waals surface area contributed by atoms with Crippen LogP contribution in [0, 0.1) is 5.82 Å². The van der Waals surface area contributed by atoms with Crippen LogP contribution in [-0.4, -0.2) is 34.9 Å². The van der Waals surface area contributed by atoms with Gasteiger partial charge in [-0.15, -0.1) is 0 Å². The third-order valence-corrected chi connectivity index (χ3v) is 5.14. The molecule has 1 saturated heterocycles. The fourth-order valence-electron chi connectivity index (χ4n) is 2.62. The molecule has 4 nitrogen and oxygen atoms in total. The first-order valence-corrected chi connectivity index (χ1v) is 8.94. The number of thioether (sulfide) groups is 1. The van der Waals surface area contributed by atoms with Gasteiger partial charge in [-0.25, -0.2) is 9.38 Å². The Labute approximate surface area is 150 Å². The van der Waals surface area contributed by atoms with E-state index in [1.165, 1.54) is 23.9 Å². The average molecular weight is 358 g/mol. The van der Waals surface area contributed by atoms with Gasteiger partial charge < -0.3 is 4.74 Å². The van der Waals surface area contributed by atoms with E-state index in [9.17, 15) is 9.18 Å². The second-order valence-electron chi connectivity index (χ2n) is 5.61. The number of carbonyl (C=O) groups is 1. The lowest BCUT2D eigenvalue weighted by atomic mass is 10.1. The molecule has 0 saturated carbocycles. The third kappa shape index (κ3) is 4.02. The summed E-state index contributed by atoms with van der Waals surface area (Å²) in [6, 6.07) is 13.7. The molecule has 2 aromatic rings. The minimum atomic E-state index is -0.272. The molecule has 0 spiro atoms. The van der Waals surface area contributed by atoms with Crippen molar-refractivity contribution in [2.45, 2.75) is 18.6 Å². The number of aliphatic imine (C=N–C) groups is 1. The summed E-state index contributed by atoms with van der Waals surface area (Å²) >= 11 is 1.46. The van der Waals surface area contributed by atoms with Gasteiger partial charge in [-0.1, -0.05) is 23.9 Å². The molecule has 130 valence electrons. The molecule has 1 fully saturated rings. The highest BCUT2D eigenvalue weighted by Crippen LogP contribution is 2.32. The van der Waals surface area contributed by atoms with Crippen LogP contribution in [0.2, 0.25) is 0 Å². The molecule has 6 heteroatoms. The number of hydrogen-bond acceptors (Lipinski definition) is 4. The van der Waals surface area contributed by atoms with Gasteiger partial charge in [-0.3, -0.25) is 9.69 Å². The van der Waals surface area contributed by atoms with E-state index in [2.05, 4.69) is 4.99 Å². The van der Waals surface area contributed by atoms with Crippen molar-refractivity contribution in [2.75, 3.05) is 13.7 Å². The zero-order chi connectivity index (χ0) is 17.8. The van der Waals surface area contributed by atoms with Crippen LogP contribution in [0.3, 0.4) is 0 Å². The monoisotopic (exact) mass is 358 g/mol. The van der Waals surface area contributed by atoms with Crippen LogP contribution in [0.15, 0.2) is 53.5 Å². The topological polar surface area (TPSA) is 41.9 Å². The number of hydrogen-bond donors (Lipinski definition) is 0. The zero-order valence-corrected chi connectivity index (χ0v) is 14.9. The molecule has 1 aliphatic heterocycles. The standard InChI is InChI=1S/C19H19FN2O2S/c1-3-22-18(23)17(12-13-4-6-14(20)7-5-13)25-19(22)21-15-8-10-16(24-2)11-9-15/h4-11,17H,3,12H2,1-2H3/t17-/m0/s1. The number of nitrogens with zero attached hydrogens (tertiary/aromatic N) is 2. The maximum absolute atomic E-state index is 13.0. The molecule has 1 amide bonds. The molecule has 1 atom stereocenters. The maximum Gasteiger partial charge on any atom is 0.242 e. The average Bonchev–Trinajstić information content (AvgIpc) is 2.92. The minimum Gasteiger partial charge on any atom is -0.497 e. The van der Waals surface area contributed by atoms with E-state index in [4.69, 9.17) is 4.74 Å². The molecule has 0 N–H and O–H groups in total. The molecule has 25 heavy (non-hydrogen) atoms. The van der Waals surface area contributed by atoms with Gasteiger partial charge in [0.25, 0.3) is 0 Å². The number of amides is 1. The van der Waals surface area contributed by atoms with Crippen molar-refractivity contribution in [1.82, 2.24) is 4.90 Å². The molecule has 0 bridgehead atoms. The summed E-state index contributed by atoms with van der Waals surface area (Å²) < 4.78 is 18.2. The summed E-state index contributed by atoms with van der Waals surface area (Å²) in [5.41, 5.74) is 1.71. The van der Waals surface area contributed by atoms with Crippen LogP contribution >= 0.6 is 11.8 Å². The van der Waals surface area contributed by atoms with Crippen LogP contribution in [0.1, 0.15) is 12.5 Å². The minimum absolute atomic E-state index is 0.0455. The molecular weight excluding hydrogens is 339 g/mol. The van der Waals surface area contributed by atoms with Gasteiger partial charge in [0.1, 0.15) is 11.6 Å². The number of halogens is 1. The Bertz CT molecular complexity index is 775. The van der Waals surface area contributed by atoms with Crippen LogP contribution in [0.25, 0.3) is 0 Å². The lowest BCUT2D eigenvalue weighted by molar-refractivity contribution is -0.126. The van der Waals surface area contributed by atoms with Crippen LogP contribution in [0.4, 0.5) is 10.1 Å². The predicted molar refractivity (Wildman–Crippen MR) is 99.0 cm³/mol. The van der Waals surface area contributed by atoms with Crippen molar-refractivity contribution in [3.8, 4) is 5.75 Å². The van der Waals surface area contributed by atoms with Gasteiger partial charge in [0.05, 0.1) is 18.0 Å². The van der Waals surface area contributed by atoms with Gasteiger partial charge in [-0.2, -0.15) is 0 Å². The molecule has 2 aromatic carbocycles. The normalized spacial score (nSPS) is 18.8. The number of ether oxygens (including phenoxy) is 1. The third-order valence-electron chi connectivity index (χ3n) is 3.97. The lowest BCUT2D eigenvalue weighted by Crippen LogP contribution is -2.32.